The fraction of sp³-hybridized carbons (Fsp3) is 0.407. The molecule has 2 rings (SSSR count). The van der Waals surface area contributed by atoms with Gasteiger partial charge in [0, 0.05) is 5.57 Å². The first kappa shape index (κ1) is 25.2. The Balaban J connectivity index is 1.88. The van der Waals surface area contributed by atoms with E-state index in [4.69, 9.17) is 14.2 Å². The summed E-state index contributed by atoms with van der Waals surface area (Å²) in [6.07, 6.45) is 6.03. The third-order valence-electron chi connectivity index (χ3n) is 5.10. The first-order chi connectivity index (χ1) is 15.4. The summed E-state index contributed by atoms with van der Waals surface area (Å²) >= 11 is 0. The molecular formula is C27H34O5. The summed E-state index contributed by atoms with van der Waals surface area (Å²) < 4.78 is 16.4. The molecule has 0 heterocycles. The molecule has 0 saturated heterocycles. The molecule has 0 unspecified atom stereocenters. The van der Waals surface area contributed by atoms with Crippen molar-refractivity contribution >= 4 is 18.0 Å². The Labute approximate surface area is 191 Å². The minimum atomic E-state index is -0.435. The zero-order valence-electron chi connectivity index (χ0n) is 19.6. The lowest BCUT2D eigenvalue weighted by Gasteiger charge is -2.10. The van der Waals surface area contributed by atoms with Crippen molar-refractivity contribution < 1.29 is 23.8 Å². The Morgan fingerprint density at radius 3 is 2.22 bits per heavy atom. The van der Waals surface area contributed by atoms with Crippen LogP contribution < -0.4 is 9.47 Å². The van der Waals surface area contributed by atoms with Crippen molar-refractivity contribution in [3.63, 3.8) is 0 Å². The van der Waals surface area contributed by atoms with E-state index in [0.717, 1.165) is 37.0 Å². The Morgan fingerprint density at radius 2 is 1.59 bits per heavy atom. The second-order valence-electron chi connectivity index (χ2n) is 7.98. The number of carbonyl (C=O) groups excluding carboxylic acids is 2. The van der Waals surface area contributed by atoms with Gasteiger partial charge in [0.2, 0.25) is 0 Å². The van der Waals surface area contributed by atoms with Gasteiger partial charge < -0.3 is 14.2 Å². The van der Waals surface area contributed by atoms with Crippen molar-refractivity contribution in [1.82, 2.24) is 0 Å². The SMILES string of the molecule is CCCCCOc1ccc(C(=O)Oc2ccc(C=C(C)C(=O)OC[C@@H](C)CC)cc2)cc1. The van der Waals surface area contributed by atoms with E-state index in [2.05, 4.69) is 13.8 Å². The lowest BCUT2D eigenvalue weighted by atomic mass is 10.1. The number of benzene rings is 2. The maximum atomic E-state index is 12.4. The summed E-state index contributed by atoms with van der Waals surface area (Å²) in [6, 6.07) is 13.9. The predicted octanol–water partition coefficient (Wildman–Crippen LogP) is 6.47. The number of rotatable bonds is 12. The van der Waals surface area contributed by atoms with E-state index in [9.17, 15) is 9.59 Å². The van der Waals surface area contributed by atoms with E-state index in [-0.39, 0.29) is 5.97 Å². The van der Waals surface area contributed by atoms with Crippen LogP contribution in [0.5, 0.6) is 11.5 Å². The Hall–Kier alpha value is -3.08. The lowest BCUT2D eigenvalue weighted by Crippen LogP contribution is -2.12. The van der Waals surface area contributed by atoms with Gasteiger partial charge in [-0.25, -0.2) is 9.59 Å². The highest BCUT2D eigenvalue weighted by Crippen LogP contribution is 2.18. The maximum Gasteiger partial charge on any atom is 0.343 e. The van der Waals surface area contributed by atoms with Gasteiger partial charge in [-0.2, -0.15) is 0 Å². The second-order valence-corrected chi connectivity index (χ2v) is 7.98. The number of carbonyl (C=O) groups is 2. The van der Waals surface area contributed by atoms with Crippen LogP contribution >= 0.6 is 0 Å². The van der Waals surface area contributed by atoms with Crippen molar-refractivity contribution in [2.45, 2.75) is 53.4 Å². The molecule has 0 saturated carbocycles. The molecule has 2 aromatic carbocycles. The minimum Gasteiger partial charge on any atom is -0.494 e. The van der Waals surface area contributed by atoms with Gasteiger partial charge in [-0.3, -0.25) is 0 Å². The van der Waals surface area contributed by atoms with Gasteiger partial charge in [0.1, 0.15) is 11.5 Å². The molecule has 0 fully saturated rings. The van der Waals surface area contributed by atoms with Gasteiger partial charge in [-0.1, -0.05) is 52.2 Å². The summed E-state index contributed by atoms with van der Waals surface area (Å²) in [5.74, 6) is 0.764. The molecule has 0 aliphatic carbocycles. The van der Waals surface area contributed by atoms with E-state index in [1.165, 1.54) is 0 Å². The smallest absolute Gasteiger partial charge is 0.343 e. The standard InChI is InChI=1S/C27H34O5/c1-5-7-8-17-30-24-15-11-23(12-16-24)27(29)32-25-13-9-22(10-14-25)18-21(4)26(28)31-19-20(3)6-2/h9-16,18,20H,5-8,17,19H2,1-4H3/t20-/m0/s1. The molecule has 172 valence electrons. The average molecular weight is 439 g/mol. The first-order valence-electron chi connectivity index (χ1n) is 11.3. The van der Waals surface area contributed by atoms with Crippen LogP contribution in [0.25, 0.3) is 6.08 Å². The highest BCUT2D eigenvalue weighted by atomic mass is 16.5. The summed E-state index contributed by atoms with van der Waals surface area (Å²) in [4.78, 5) is 24.5. The van der Waals surface area contributed by atoms with Gasteiger partial charge in [0.05, 0.1) is 18.8 Å². The Kier molecular flexibility index (Phi) is 10.5. The highest BCUT2D eigenvalue weighted by Gasteiger charge is 2.10. The summed E-state index contributed by atoms with van der Waals surface area (Å²) in [6.45, 7) is 9.08. The molecule has 0 amide bonds. The molecule has 1 atom stereocenters. The predicted molar refractivity (Wildman–Crippen MR) is 127 cm³/mol. The fourth-order valence-corrected chi connectivity index (χ4v) is 2.79. The number of unbranched alkanes of at least 4 members (excludes halogenated alkanes) is 2. The summed E-state index contributed by atoms with van der Waals surface area (Å²) in [7, 11) is 0. The van der Waals surface area contributed by atoms with Crippen molar-refractivity contribution in [3.05, 3.63) is 65.2 Å². The van der Waals surface area contributed by atoms with E-state index < -0.39 is 5.97 Å². The topological polar surface area (TPSA) is 61.8 Å². The Morgan fingerprint density at radius 1 is 0.938 bits per heavy atom. The van der Waals surface area contributed by atoms with E-state index in [0.29, 0.717) is 36.0 Å². The number of ether oxygens (including phenoxy) is 3. The third kappa shape index (κ3) is 8.58. The fourth-order valence-electron chi connectivity index (χ4n) is 2.79. The molecular weight excluding hydrogens is 404 g/mol. The van der Waals surface area contributed by atoms with Crippen LogP contribution in [0.2, 0.25) is 0 Å². The number of hydrogen-bond donors (Lipinski definition) is 0. The largest absolute Gasteiger partial charge is 0.494 e. The van der Waals surface area contributed by atoms with Crippen LogP contribution in [0.4, 0.5) is 0 Å². The highest BCUT2D eigenvalue weighted by molar-refractivity contribution is 5.93. The van der Waals surface area contributed by atoms with Crippen LogP contribution in [0, 0.1) is 5.92 Å². The van der Waals surface area contributed by atoms with Crippen LogP contribution in [0.15, 0.2) is 54.1 Å². The lowest BCUT2D eigenvalue weighted by molar-refractivity contribution is -0.140. The van der Waals surface area contributed by atoms with Crippen molar-refractivity contribution in [3.8, 4) is 11.5 Å². The molecule has 0 aliphatic rings. The van der Waals surface area contributed by atoms with Crippen LogP contribution in [-0.2, 0) is 9.53 Å². The molecule has 5 nitrogen and oxygen atoms in total. The zero-order chi connectivity index (χ0) is 23.3. The third-order valence-corrected chi connectivity index (χ3v) is 5.10. The number of hydrogen-bond acceptors (Lipinski definition) is 5. The van der Waals surface area contributed by atoms with Gasteiger partial charge >= 0.3 is 11.9 Å². The van der Waals surface area contributed by atoms with E-state index >= 15 is 0 Å². The van der Waals surface area contributed by atoms with Gasteiger partial charge in [-0.15, -0.1) is 0 Å². The molecule has 0 bridgehead atoms. The van der Waals surface area contributed by atoms with E-state index in [1.54, 1.807) is 61.5 Å². The minimum absolute atomic E-state index is 0.321. The van der Waals surface area contributed by atoms with E-state index in [1.807, 2.05) is 6.92 Å². The first-order valence-corrected chi connectivity index (χ1v) is 11.3. The molecule has 32 heavy (non-hydrogen) atoms. The summed E-state index contributed by atoms with van der Waals surface area (Å²) in [5.41, 5.74) is 1.80. The molecule has 5 heteroatoms. The quantitative estimate of drug-likeness (QED) is 0.165. The van der Waals surface area contributed by atoms with Crippen LogP contribution in [0.3, 0.4) is 0 Å². The maximum absolute atomic E-state index is 12.4. The van der Waals surface area contributed by atoms with Gasteiger partial charge in [-0.05, 0) is 67.3 Å². The van der Waals surface area contributed by atoms with Gasteiger partial charge in [0.15, 0.2) is 0 Å². The number of esters is 2. The van der Waals surface area contributed by atoms with Crippen molar-refractivity contribution in [1.29, 1.82) is 0 Å². The van der Waals surface area contributed by atoms with Crippen LogP contribution in [0.1, 0.15) is 69.3 Å². The summed E-state index contributed by atoms with van der Waals surface area (Å²) in [5, 5.41) is 0. The van der Waals surface area contributed by atoms with Crippen molar-refractivity contribution in [2.24, 2.45) is 5.92 Å². The molecule has 0 aliphatic heterocycles. The monoisotopic (exact) mass is 438 g/mol. The zero-order valence-corrected chi connectivity index (χ0v) is 19.6. The average Bonchev–Trinajstić information content (AvgIpc) is 2.81. The molecule has 2 aromatic rings. The molecule has 0 aromatic heterocycles. The second kappa shape index (κ2) is 13.4. The molecule has 0 N–H and O–H groups in total. The Bertz CT molecular complexity index is 881. The van der Waals surface area contributed by atoms with Gasteiger partial charge in [0.25, 0.3) is 0 Å². The van der Waals surface area contributed by atoms with Crippen LogP contribution in [-0.4, -0.2) is 25.2 Å². The van der Waals surface area contributed by atoms with Crippen molar-refractivity contribution in [2.75, 3.05) is 13.2 Å². The molecule has 0 spiro atoms. The normalized spacial score (nSPS) is 12.2. The molecule has 0 radical (unpaired) electrons.